The van der Waals surface area contributed by atoms with Crippen molar-refractivity contribution in [3.63, 3.8) is 0 Å². The molecule has 0 unspecified atom stereocenters. The van der Waals surface area contributed by atoms with Gasteiger partial charge in [-0.25, -0.2) is 4.99 Å². The molecule has 0 radical (unpaired) electrons. The highest BCUT2D eigenvalue weighted by molar-refractivity contribution is 5.95. The first kappa shape index (κ1) is 18.8. The minimum atomic E-state index is 0.203. The molecular formula is C21H26N4O2. The second-order valence-electron chi connectivity index (χ2n) is 6.53. The Kier molecular flexibility index (Phi) is 6.30. The molecule has 0 saturated carbocycles. The average molecular weight is 366 g/mol. The van der Waals surface area contributed by atoms with E-state index in [-0.39, 0.29) is 11.7 Å². The fourth-order valence-corrected chi connectivity index (χ4v) is 3.07. The molecule has 1 saturated heterocycles. The number of aliphatic imine (C=N–C) groups is 1. The van der Waals surface area contributed by atoms with Crippen LogP contribution in [0.5, 0.6) is 5.75 Å². The summed E-state index contributed by atoms with van der Waals surface area (Å²) in [5.41, 5.74) is 3.03. The molecule has 1 aliphatic rings. The van der Waals surface area contributed by atoms with Gasteiger partial charge in [-0.2, -0.15) is 0 Å². The van der Waals surface area contributed by atoms with E-state index in [1.54, 1.807) is 12.1 Å². The van der Waals surface area contributed by atoms with Gasteiger partial charge in [0.1, 0.15) is 5.75 Å². The molecule has 1 amide bonds. The summed E-state index contributed by atoms with van der Waals surface area (Å²) in [7, 11) is 0. The van der Waals surface area contributed by atoms with Crippen LogP contribution >= 0.6 is 0 Å². The van der Waals surface area contributed by atoms with Crippen molar-refractivity contribution >= 4 is 17.6 Å². The number of phenolic OH excluding ortho intramolecular Hbond substituents is 1. The van der Waals surface area contributed by atoms with Crippen LogP contribution in [-0.2, 0) is 17.9 Å². The number of benzene rings is 2. The number of aromatic hydroxyl groups is 1. The molecule has 2 aromatic carbocycles. The van der Waals surface area contributed by atoms with Crippen LogP contribution in [0.3, 0.4) is 0 Å². The van der Waals surface area contributed by atoms with E-state index >= 15 is 0 Å². The Balaban J connectivity index is 1.58. The Morgan fingerprint density at radius 2 is 1.96 bits per heavy atom. The maximum atomic E-state index is 11.8. The molecule has 0 atom stereocenters. The first-order valence-electron chi connectivity index (χ1n) is 9.35. The van der Waals surface area contributed by atoms with Gasteiger partial charge in [-0.3, -0.25) is 4.79 Å². The SMILES string of the molecule is CCNC(=NCc1cccc(O)c1)NCc1ccc(N2CCCC2=O)cc1. The smallest absolute Gasteiger partial charge is 0.227 e. The van der Waals surface area contributed by atoms with Gasteiger partial charge in [-0.1, -0.05) is 24.3 Å². The van der Waals surface area contributed by atoms with Gasteiger partial charge >= 0.3 is 0 Å². The predicted octanol–water partition coefficient (Wildman–Crippen LogP) is 2.77. The van der Waals surface area contributed by atoms with Crippen molar-refractivity contribution in [3.05, 3.63) is 59.7 Å². The molecule has 3 N–H and O–H groups in total. The molecule has 0 bridgehead atoms. The maximum absolute atomic E-state index is 11.8. The number of nitrogens with one attached hydrogen (secondary N) is 2. The average Bonchev–Trinajstić information content (AvgIpc) is 3.10. The topological polar surface area (TPSA) is 77.0 Å². The van der Waals surface area contributed by atoms with Crippen LogP contribution in [0.2, 0.25) is 0 Å². The molecule has 6 heteroatoms. The van der Waals surface area contributed by atoms with Crippen molar-refractivity contribution in [1.29, 1.82) is 0 Å². The number of phenols is 1. The number of carbonyl (C=O) groups is 1. The highest BCUT2D eigenvalue weighted by Gasteiger charge is 2.21. The number of rotatable bonds is 6. The van der Waals surface area contributed by atoms with E-state index in [0.29, 0.717) is 19.5 Å². The van der Waals surface area contributed by atoms with Crippen LogP contribution in [0.1, 0.15) is 30.9 Å². The van der Waals surface area contributed by atoms with Gasteiger partial charge in [-0.15, -0.1) is 0 Å². The zero-order valence-corrected chi connectivity index (χ0v) is 15.6. The lowest BCUT2D eigenvalue weighted by molar-refractivity contribution is -0.117. The summed E-state index contributed by atoms with van der Waals surface area (Å²) in [4.78, 5) is 18.2. The molecule has 1 fully saturated rings. The van der Waals surface area contributed by atoms with Gasteiger partial charge in [0.25, 0.3) is 0 Å². The zero-order valence-electron chi connectivity index (χ0n) is 15.6. The van der Waals surface area contributed by atoms with Crippen LogP contribution in [0, 0.1) is 0 Å². The second-order valence-corrected chi connectivity index (χ2v) is 6.53. The van der Waals surface area contributed by atoms with E-state index in [1.165, 1.54) is 0 Å². The summed E-state index contributed by atoms with van der Waals surface area (Å²) in [5.74, 6) is 1.17. The fourth-order valence-electron chi connectivity index (χ4n) is 3.07. The van der Waals surface area contributed by atoms with Crippen LogP contribution in [0.25, 0.3) is 0 Å². The number of hydrogen-bond acceptors (Lipinski definition) is 3. The number of anilines is 1. The van der Waals surface area contributed by atoms with Gasteiger partial charge in [0, 0.05) is 31.7 Å². The summed E-state index contributed by atoms with van der Waals surface area (Å²) < 4.78 is 0. The molecule has 0 spiro atoms. The lowest BCUT2D eigenvalue weighted by atomic mass is 10.2. The van der Waals surface area contributed by atoms with Crippen molar-refractivity contribution in [2.24, 2.45) is 4.99 Å². The number of nitrogens with zero attached hydrogens (tertiary/aromatic N) is 2. The van der Waals surface area contributed by atoms with E-state index in [4.69, 9.17) is 0 Å². The summed E-state index contributed by atoms with van der Waals surface area (Å²) in [6.45, 7) is 4.72. The first-order chi connectivity index (χ1) is 13.2. The number of guanidine groups is 1. The summed E-state index contributed by atoms with van der Waals surface area (Å²) in [6, 6.07) is 15.2. The summed E-state index contributed by atoms with van der Waals surface area (Å²) in [5, 5.41) is 16.1. The second kappa shape index (κ2) is 9.07. The number of hydrogen-bond donors (Lipinski definition) is 3. The summed E-state index contributed by atoms with van der Waals surface area (Å²) >= 11 is 0. The zero-order chi connectivity index (χ0) is 19.1. The van der Waals surface area contributed by atoms with Crippen LogP contribution in [0.15, 0.2) is 53.5 Å². The van der Waals surface area contributed by atoms with E-state index in [9.17, 15) is 9.90 Å². The van der Waals surface area contributed by atoms with Crippen LogP contribution < -0.4 is 15.5 Å². The third-order valence-electron chi connectivity index (χ3n) is 4.46. The molecule has 6 nitrogen and oxygen atoms in total. The standard InChI is InChI=1S/C21H26N4O2/c1-2-22-21(24-15-17-5-3-6-19(26)13-17)23-14-16-8-10-18(11-9-16)25-12-4-7-20(25)27/h3,5-6,8-11,13,26H,2,4,7,12,14-15H2,1H3,(H2,22,23,24). The Bertz CT molecular complexity index is 802. The van der Waals surface area contributed by atoms with Crippen molar-refractivity contribution in [3.8, 4) is 5.75 Å². The molecule has 142 valence electrons. The summed E-state index contributed by atoms with van der Waals surface area (Å²) in [6.07, 6.45) is 1.58. The molecule has 0 aromatic heterocycles. The third-order valence-corrected chi connectivity index (χ3v) is 4.46. The minimum Gasteiger partial charge on any atom is -0.508 e. The maximum Gasteiger partial charge on any atom is 0.227 e. The largest absolute Gasteiger partial charge is 0.508 e. The van der Waals surface area contributed by atoms with E-state index in [1.807, 2.05) is 48.2 Å². The molecule has 3 rings (SSSR count). The molecule has 0 aliphatic carbocycles. The van der Waals surface area contributed by atoms with Gasteiger partial charge < -0.3 is 20.6 Å². The fraction of sp³-hybridized carbons (Fsp3) is 0.333. The van der Waals surface area contributed by atoms with Gasteiger partial charge in [0.05, 0.1) is 6.54 Å². The lowest BCUT2D eigenvalue weighted by Crippen LogP contribution is -2.36. The lowest BCUT2D eigenvalue weighted by Gasteiger charge is -2.16. The highest BCUT2D eigenvalue weighted by Crippen LogP contribution is 2.21. The molecular weight excluding hydrogens is 340 g/mol. The molecule has 1 aliphatic heterocycles. The third kappa shape index (κ3) is 5.23. The normalized spacial score (nSPS) is 14.5. The van der Waals surface area contributed by atoms with Crippen molar-refractivity contribution < 1.29 is 9.90 Å². The Morgan fingerprint density at radius 3 is 2.63 bits per heavy atom. The van der Waals surface area contributed by atoms with Crippen molar-refractivity contribution in [1.82, 2.24) is 10.6 Å². The van der Waals surface area contributed by atoms with Crippen LogP contribution in [-0.4, -0.2) is 30.1 Å². The quantitative estimate of drug-likeness (QED) is 0.543. The number of amides is 1. The highest BCUT2D eigenvalue weighted by atomic mass is 16.3. The Morgan fingerprint density at radius 1 is 1.15 bits per heavy atom. The van der Waals surface area contributed by atoms with E-state index < -0.39 is 0 Å². The monoisotopic (exact) mass is 366 g/mol. The van der Waals surface area contributed by atoms with Crippen molar-refractivity contribution in [2.75, 3.05) is 18.0 Å². The van der Waals surface area contributed by atoms with Gasteiger partial charge in [0.2, 0.25) is 5.91 Å². The number of carbonyl (C=O) groups excluding carboxylic acids is 1. The molecule has 2 aromatic rings. The Hall–Kier alpha value is -3.02. The first-order valence-corrected chi connectivity index (χ1v) is 9.35. The van der Waals surface area contributed by atoms with Gasteiger partial charge in [-0.05, 0) is 48.7 Å². The Labute approximate surface area is 159 Å². The minimum absolute atomic E-state index is 0.203. The predicted molar refractivity (Wildman–Crippen MR) is 108 cm³/mol. The van der Waals surface area contributed by atoms with E-state index in [2.05, 4.69) is 15.6 Å². The van der Waals surface area contributed by atoms with Crippen molar-refractivity contribution in [2.45, 2.75) is 32.9 Å². The van der Waals surface area contributed by atoms with Crippen LogP contribution in [0.4, 0.5) is 5.69 Å². The molecule has 1 heterocycles. The van der Waals surface area contributed by atoms with Gasteiger partial charge in [0.15, 0.2) is 5.96 Å². The van der Waals surface area contributed by atoms with E-state index in [0.717, 1.165) is 42.3 Å². The molecule has 27 heavy (non-hydrogen) atoms.